The number of aromatic nitrogens is 4. The van der Waals surface area contributed by atoms with E-state index in [9.17, 15) is 4.79 Å². The van der Waals surface area contributed by atoms with Gasteiger partial charge in [-0.2, -0.15) is 0 Å². The molecule has 32 heavy (non-hydrogen) atoms. The fraction of sp³-hybridized carbons (Fsp3) is 0.304. The number of para-hydroxylation sites is 1. The lowest BCUT2D eigenvalue weighted by molar-refractivity contribution is 0.0926. The molecule has 1 N–H and O–H groups in total. The second kappa shape index (κ2) is 9.70. The Hall–Kier alpha value is -2.91. The van der Waals surface area contributed by atoms with E-state index in [1.165, 1.54) is 23.1 Å². The van der Waals surface area contributed by atoms with Crippen LogP contribution in [-0.2, 0) is 5.75 Å². The molecular weight excluding hydrogens is 442 g/mol. The summed E-state index contributed by atoms with van der Waals surface area (Å²) in [7, 11) is 0. The molecule has 9 heteroatoms. The molecule has 1 aromatic carbocycles. The van der Waals surface area contributed by atoms with Crippen molar-refractivity contribution in [3.8, 4) is 17.3 Å². The van der Waals surface area contributed by atoms with E-state index in [2.05, 4.69) is 47.3 Å². The first-order valence-electron chi connectivity index (χ1n) is 10.4. The number of hydrogen-bond donors (Lipinski definition) is 1. The molecule has 0 spiro atoms. The lowest BCUT2D eigenvalue weighted by Gasteiger charge is -2.16. The molecule has 166 valence electrons. The van der Waals surface area contributed by atoms with E-state index in [0.29, 0.717) is 28.9 Å². The fourth-order valence-corrected chi connectivity index (χ4v) is 4.75. The largest absolute Gasteiger partial charge is 0.461 e. The zero-order valence-corrected chi connectivity index (χ0v) is 20.0. The van der Waals surface area contributed by atoms with Crippen molar-refractivity contribution in [1.82, 2.24) is 25.1 Å². The van der Waals surface area contributed by atoms with E-state index >= 15 is 0 Å². The quantitative estimate of drug-likeness (QED) is 0.351. The second-order valence-electron chi connectivity index (χ2n) is 7.83. The van der Waals surface area contributed by atoms with Crippen molar-refractivity contribution in [2.45, 2.75) is 44.6 Å². The van der Waals surface area contributed by atoms with Crippen LogP contribution >= 0.6 is 23.1 Å². The van der Waals surface area contributed by atoms with Gasteiger partial charge in [-0.15, -0.1) is 21.5 Å². The number of amides is 1. The van der Waals surface area contributed by atoms with Crippen LogP contribution in [0.25, 0.3) is 17.3 Å². The number of nitrogens with one attached hydrogen (secondary N) is 1. The number of nitrogens with zero attached hydrogens (tertiary/aromatic N) is 4. The highest BCUT2D eigenvalue weighted by Gasteiger charge is 2.20. The molecule has 0 radical (unpaired) electrons. The van der Waals surface area contributed by atoms with Crippen LogP contribution in [0.15, 0.2) is 57.6 Å². The summed E-state index contributed by atoms with van der Waals surface area (Å²) in [6.45, 7) is 8.21. The summed E-state index contributed by atoms with van der Waals surface area (Å²) in [5, 5.41) is 15.2. The molecule has 3 aromatic heterocycles. The highest BCUT2D eigenvalue weighted by molar-refractivity contribution is 7.98. The molecule has 0 fully saturated rings. The van der Waals surface area contributed by atoms with Crippen molar-refractivity contribution >= 4 is 29.0 Å². The molecule has 0 saturated carbocycles. The van der Waals surface area contributed by atoms with Gasteiger partial charge in [-0.25, -0.2) is 4.98 Å². The standard InChI is InChI=1S/C23H25N5O2S2/c1-14(2)16(4)24-22(29)17-12-31-20(25-17)13-32-23-27-26-21(19-10-7-11-30-19)28(23)18-9-6-5-8-15(18)3/h5-12,14,16H,13H2,1-4H3,(H,24,29). The van der Waals surface area contributed by atoms with Crippen LogP contribution in [0.5, 0.6) is 0 Å². The Morgan fingerprint density at radius 1 is 1.19 bits per heavy atom. The molecule has 1 amide bonds. The zero-order valence-electron chi connectivity index (χ0n) is 18.4. The minimum atomic E-state index is -0.137. The van der Waals surface area contributed by atoms with Crippen molar-refractivity contribution < 1.29 is 9.21 Å². The van der Waals surface area contributed by atoms with Gasteiger partial charge < -0.3 is 9.73 Å². The normalized spacial score (nSPS) is 12.3. The second-order valence-corrected chi connectivity index (χ2v) is 9.71. The average Bonchev–Trinajstić information content (AvgIpc) is 3.52. The van der Waals surface area contributed by atoms with Gasteiger partial charge in [0.15, 0.2) is 10.9 Å². The summed E-state index contributed by atoms with van der Waals surface area (Å²) in [4.78, 5) is 17.0. The first-order chi connectivity index (χ1) is 15.4. The van der Waals surface area contributed by atoms with Crippen molar-refractivity contribution in [3.63, 3.8) is 0 Å². The maximum Gasteiger partial charge on any atom is 0.270 e. The first-order valence-corrected chi connectivity index (χ1v) is 12.2. The van der Waals surface area contributed by atoms with Gasteiger partial charge in [-0.05, 0) is 43.5 Å². The summed E-state index contributed by atoms with van der Waals surface area (Å²) in [5.74, 6) is 2.11. The minimum absolute atomic E-state index is 0.0923. The van der Waals surface area contributed by atoms with Gasteiger partial charge in [0.05, 0.1) is 17.7 Å². The maximum absolute atomic E-state index is 12.4. The first kappa shape index (κ1) is 22.3. The Balaban J connectivity index is 1.55. The smallest absolute Gasteiger partial charge is 0.270 e. The average molecular weight is 468 g/mol. The fourth-order valence-electron chi connectivity index (χ4n) is 3.02. The molecule has 0 aliphatic rings. The zero-order chi connectivity index (χ0) is 22.7. The number of thiazole rings is 1. The van der Waals surface area contributed by atoms with Crippen LogP contribution in [0.4, 0.5) is 0 Å². The van der Waals surface area contributed by atoms with E-state index in [4.69, 9.17) is 4.42 Å². The van der Waals surface area contributed by atoms with Gasteiger partial charge in [0.2, 0.25) is 5.82 Å². The topological polar surface area (TPSA) is 85.8 Å². The summed E-state index contributed by atoms with van der Waals surface area (Å²) in [6.07, 6.45) is 1.63. The van der Waals surface area contributed by atoms with Crippen LogP contribution < -0.4 is 5.32 Å². The van der Waals surface area contributed by atoms with Gasteiger partial charge in [-0.1, -0.05) is 43.8 Å². The maximum atomic E-state index is 12.4. The summed E-state index contributed by atoms with van der Waals surface area (Å²) in [6, 6.07) is 11.9. The van der Waals surface area contributed by atoms with Crippen LogP contribution in [0.2, 0.25) is 0 Å². The molecule has 4 rings (SSSR count). The van der Waals surface area contributed by atoms with Gasteiger partial charge >= 0.3 is 0 Å². The molecule has 7 nitrogen and oxygen atoms in total. The Morgan fingerprint density at radius 2 is 2.00 bits per heavy atom. The van der Waals surface area contributed by atoms with E-state index in [1.54, 1.807) is 11.6 Å². The number of carbonyl (C=O) groups excluding carboxylic acids is 1. The van der Waals surface area contributed by atoms with Gasteiger partial charge in [0, 0.05) is 11.4 Å². The number of thioether (sulfide) groups is 1. The van der Waals surface area contributed by atoms with Gasteiger partial charge in [0.1, 0.15) is 10.7 Å². The number of carbonyl (C=O) groups is 1. The van der Waals surface area contributed by atoms with Gasteiger partial charge in [0.25, 0.3) is 5.91 Å². The third kappa shape index (κ3) is 4.78. The Kier molecular flexibility index (Phi) is 6.76. The third-order valence-electron chi connectivity index (χ3n) is 5.20. The summed E-state index contributed by atoms with van der Waals surface area (Å²) >= 11 is 3.00. The van der Waals surface area contributed by atoms with Crippen LogP contribution in [0.3, 0.4) is 0 Å². The predicted molar refractivity (Wildman–Crippen MR) is 127 cm³/mol. The Labute approximate surface area is 195 Å². The number of benzene rings is 1. The van der Waals surface area contributed by atoms with E-state index in [-0.39, 0.29) is 11.9 Å². The lowest BCUT2D eigenvalue weighted by atomic mass is 10.1. The van der Waals surface area contributed by atoms with Crippen LogP contribution in [0, 0.1) is 12.8 Å². The highest BCUT2D eigenvalue weighted by Crippen LogP contribution is 2.31. The van der Waals surface area contributed by atoms with E-state index < -0.39 is 0 Å². The molecule has 3 heterocycles. The molecule has 1 unspecified atom stereocenters. The molecular formula is C23H25N5O2S2. The van der Waals surface area contributed by atoms with Crippen molar-refractivity contribution in [2.75, 3.05) is 0 Å². The predicted octanol–water partition coefficient (Wildman–Crippen LogP) is 5.36. The summed E-state index contributed by atoms with van der Waals surface area (Å²) in [5.41, 5.74) is 2.55. The number of rotatable bonds is 8. The van der Waals surface area contributed by atoms with E-state index in [1.807, 2.05) is 41.8 Å². The van der Waals surface area contributed by atoms with Crippen LogP contribution in [0.1, 0.15) is 41.8 Å². The molecule has 4 aromatic rings. The SMILES string of the molecule is Cc1ccccc1-n1c(SCc2nc(C(=O)NC(C)C(C)C)cs2)nnc1-c1ccco1. The Morgan fingerprint density at radius 3 is 2.72 bits per heavy atom. The molecule has 0 bridgehead atoms. The number of aryl methyl sites for hydroxylation is 1. The number of hydrogen-bond acceptors (Lipinski definition) is 7. The third-order valence-corrected chi connectivity index (χ3v) is 7.17. The van der Waals surface area contributed by atoms with Crippen molar-refractivity contribution in [3.05, 3.63) is 64.3 Å². The number of furan rings is 1. The summed E-state index contributed by atoms with van der Waals surface area (Å²) < 4.78 is 7.59. The van der Waals surface area contributed by atoms with E-state index in [0.717, 1.165) is 21.4 Å². The monoisotopic (exact) mass is 467 g/mol. The van der Waals surface area contributed by atoms with Crippen molar-refractivity contribution in [1.29, 1.82) is 0 Å². The van der Waals surface area contributed by atoms with Gasteiger partial charge in [-0.3, -0.25) is 9.36 Å². The van der Waals surface area contributed by atoms with Crippen LogP contribution in [-0.4, -0.2) is 31.7 Å². The molecule has 0 aliphatic heterocycles. The minimum Gasteiger partial charge on any atom is -0.461 e. The van der Waals surface area contributed by atoms with Crippen molar-refractivity contribution in [2.24, 2.45) is 5.92 Å². The Bertz CT molecular complexity index is 1200. The lowest BCUT2D eigenvalue weighted by Crippen LogP contribution is -2.36. The molecule has 0 aliphatic carbocycles. The highest BCUT2D eigenvalue weighted by atomic mass is 32.2. The molecule has 0 saturated heterocycles. The molecule has 1 atom stereocenters.